The van der Waals surface area contributed by atoms with E-state index in [-0.39, 0.29) is 12.1 Å². The van der Waals surface area contributed by atoms with Crippen molar-refractivity contribution in [3.05, 3.63) is 12.2 Å². The van der Waals surface area contributed by atoms with Crippen LogP contribution in [0.2, 0.25) is 0 Å². The quantitative estimate of drug-likeness (QED) is 0.370. The molecule has 1 aliphatic heterocycles. The molecule has 0 aromatic carbocycles. The fourth-order valence-electron chi connectivity index (χ4n) is 1.62. The highest BCUT2D eigenvalue weighted by molar-refractivity contribution is 5.71. The Kier molecular flexibility index (Phi) is 5.35. The molecule has 0 radical (unpaired) electrons. The molecule has 1 heterocycles. The van der Waals surface area contributed by atoms with E-state index in [0.717, 1.165) is 12.8 Å². The van der Waals surface area contributed by atoms with E-state index in [9.17, 15) is 4.79 Å². The van der Waals surface area contributed by atoms with Crippen molar-refractivity contribution in [1.82, 2.24) is 0 Å². The lowest BCUT2D eigenvalue weighted by Crippen LogP contribution is -2.01. The molecule has 1 atom stereocenters. The van der Waals surface area contributed by atoms with Gasteiger partial charge in [0.15, 0.2) is 0 Å². The average Bonchev–Trinajstić information content (AvgIpc) is 2.58. The highest BCUT2D eigenvalue weighted by atomic mass is 16.5. The smallest absolute Gasteiger partial charge is 0.306 e. The maximum absolute atomic E-state index is 10.8. The van der Waals surface area contributed by atoms with Gasteiger partial charge in [-0.05, 0) is 25.3 Å². The monoisotopic (exact) mass is 196 g/mol. The molecule has 0 aromatic rings. The zero-order valence-electron chi connectivity index (χ0n) is 9.00. The minimum absolute atomic E-state index is 0.0503. The van der Waals surface area contributed by atoms with Crippen molar-refractivity contribution in [2.45, 2.75) is 58.0 Å². The average molecular weight is 196 g/mol. The van der Waals surface area contributed by atoms with Gasteiger partial charge < -0.3 is 4.74 Å². The number of hydrogen-bond acceptors (Lipinski definition) is 2. The molecule has 0 saturated carbocycles. The molecule has 0 N–H and O–H groups in total. The molecule has 2 nitrogen and oxygen atoms in total. The van der Waals surface area contributed by atoms with Crippen LogP contribution in [0.5, 0.6) is 0 Å². The Bertz CT molecular complexity index is 196. The summed E-state index contributed by atoms with van der Waals surface area (Å²) in [6.07, 6.45) is 12.0. The van der Waals surface area contributed by atoms with Crippen molar-refractivity contribution < 1.29 is 9.53 Å². The van der Waals surface area contributed by atoms with E-state index in [4.69, 9.17) is 4.74 Å². The van der Waals surface area contributed by atoms with E-state index in [1.807, 2.05) is 6.08 Å². The number of hydrogen-bond donors (Lipinski definition) is 0. The predicted molar refractivity (Wildman–Crippen MR) is 57.0 cm³/mol. The van der Waals surface area contributed by atoms with Gasteiger partial charge >= 0.3 is 5.97 Å². The molecule has 1 unspecified atom stereocenters. The molecule has 0 amide bonds. The second-order valence-electron chi connectivity index (χ2n) is 3.84. The lowest BCUT2D eigenvalue weighted by Gasteiger charge is -2.01. The van der Waals surface area contributed by atoms with Crippen LogP contribution < -0.4 is 0 Å². The molecule has 1 rings (SSSR count). The lowest BCUT2D eigenvalue weighted by atomic mass is 10.1. The Morgan fingerprint density at radius 2 is 2.29 bits per heavy atom. The van der Waals surface area contributed by atoms with E-state index in [2.05, 4.69) is 13.0 Å². The molecular weight excluding hydrogens is 176 g/mol. The predicted octanol–water partition coefficient (Wildman–Crippen LogP) is 3.22. The Morgan fingerprint density at radius 3 is 2.93 bits per heavy atom. The summed E-state index contributed by atoms with van der Waals surface area (Å²) in [5.41, 5.74) is 0. The van der Waals surface area contributed by atoms with Crippen LogP contribution in [0.25, 0.3) is 0 Å². The Hall–Kier alpha value is -0.790. The molecule has 2 heteroatoms. The number of esters is 1. The summed E-state index contributed by atoms with van der Waals surface area (Å²) in [6.45, 7) is 2.22. The summed E-state index contributed by atoms with van der Waals surface area (Å²) in [6, 6.07) is 0. The fourth-order valence-corrected chi connectivity index (χ4v) is 1.62. The Morgan fingerprint density at radius 1 is 1.43 bits per heavy atom. The van der Waals surface area contributed by atoms with Gasteiger partial charge in [-0.1, -0.05) is 32.3 Å². The van der Waals surface area contributed by atoms with Crippen LogP contribution in [0.1, 0.15) is 51.9 Å². The van der Waals surface area contributed by atoms with E-state index < -0.39 is 0 Å². The number of unbranched alkanes of at least 4 members (excludes halogenated alkanes) is 4. The molecule has 0 aliphatic carbocycles. The maximum Gasteiger partial charge on any atom is 0.306 e. The van der Waals surface area contributed by atoms with Gasteiger partial charge in [-0.3, -0.25) is 4.79 Å². The van der Waals surface area contributed by atoms with Gasteiger partial charge in [0, 0.05) is 6.42 Å². The largest absolute Gasteiger partial charge is 0.458 e. The number of ether oxygens (including phenoxy) is 1. The standard InChI is InChI=1S/C12H20O2/c1-2-3-4-5-6-7-8-11-9-10-12(13)14-11/h7-8,11H,2-6,9-10H2,1H3. The van der Waals surface area contributed by atoms with Gasteiger partial charge in [0.2, 0.25) is 0 Å². The molecular formula is C12H20O2. The lowest BCUT2D eigenvalue weighted by molar-refractivity contribution is -0.139. The highest BCUT2D eigenvalue weighted by Gasteiger charge is 2.19. The second-order valence-corrected chi connectivity index (χ2v) is 3.84. The topological polar surface area (TPSA) is 26.3 Å². The third-order valence-electron chi connectivity index (χ3n) is 2.49. The Labute approximate surface area is 86.3 Å². The molecule has 80 valence electrons. The van der Waals surface area contributed by atoms with Crippen molar-refractivity contribution in [1.29, 1.82) is 0 Å². The zero-order chi connectivity index (χ0) is 10.2. The van der Waals surface area contributed by atoms with Gasteiger partial charge in [-0.2, -0.15) is 0 Å². The fraction of sp³-hybridized carbons (Fsp3) is 0.750. The summed E-state index contributed by atoms with van der Waals surface area (Å²) in [5.74, 6) is -0.0503. The summed E-state index contributed by atoms with van der Waals surface area (Å²) in [4.78, 5) is 10.8. The van der Waals surface area contributed by atoms with Crippen LogP contribution in [-0.4, -0.2) is 12.1 Å². The molecule has 14 heavy (non-hydrogen) atoms. The number of rotatable bonds is 6. The van der Waals surface area contributed by atoms with Gasteiger partial charge in [0.05, 0.1) is 0 Å². The molecule has 1 fully saturated rings. The van der Waals surface area contributed by atoms with Gasteiger partial charge in [0.25, 0.3) is 0 Å². The third kappa shape index (κ3) is 4.45. The normalized spacial score (nSPS) is 21.8. The minimum Gasteiger partial charge on any atom is -0.458 e. The molecule has 1 saturated heterocycles. The van der Waals surface area contributed by atoms with Crippen LogP contribution >= 0.6 is 0 Å². The summed E-state index contributed by atoms with van der Waals surface area (Å²) < 4.78 is 5.06. The van der Waals surface area contributed by atoms with Gasteiger partial charge in [0.1, 0.15) is 6.10 Å². The highest BCUT2D eigenvalue weighted by Crippen LogP contribution is 2.15. The van der Waals surface area contributed by atoms with E-state index >= 15 is 0 Å². The van der Waals surface area contributed by atoms with Gasteiger partial charge in [-0.15, -0.1) is 0 Å². The van der Waals surface area contributed by atoms with E-state index in [1.54, 1.807) is 0 Å². The van der Waals surface area contributed by atoms with Crippen LogP contribution in [0.3, 0.4) is 0 Å². The number of carbonyl (C=O) groups is 1. The van der Waals surface area contributed by atoms with Crippen molar-refractivity contribution in [3.63, 3.8) is 0 Å². The van der Waals surface area contributed by atoms with Crippen molar-refractivity contribution >= 4 is 5.97 Å². The number of allylic oxidation sites excluding steroid dienone is 1. The van der Waals surface area contributed by atoms with Crippen molar-refractivity contribution in [2.24, 2.45) is 0 Å². The van der Waals surface area contributed by atoms with Crippen LogP contribution in [0.15, 0.2) is 12.2 Å². The first-order valence-electron chi connectivity index (χ1n) is 5.69. The van der Waals surface area contributed by atoms with Crippen LogP contribution in [0.4, 0.5) is 0 Å². The minimum atomic E-state index is -0.0503. The van der Waals surface area contributed by atoms with Crippen molar-refractivity contribution in [3.8, 4) is 0 Å². The maximum atomic E-state index is 10.8. The third-order valence-corrected chi connectivity index (χ3v) is 2.49. The zero-order valence-corrected chi connectivity index (χ0v) is 9.00. The second kappa shape index (κ2) is 6.63. The first kappa shape index (κ1) is 11.3. The van der Waals surface area contributed by atoms with Gasteiger partial charge in [-0.25, -0.2) is 0 Å². The van der Waals surface area contributed by atoms with E-state index in [0.29, 0.717) is 6.42 Å². The molecule has 0 aromatic heterocycles. The molecule has 0 bridgehead atoms. The van der Waals surface area contributed by atoms with Crippen LogP contribution in [0, 0.1) is 0 Å². The van der Waals surface area contributed by atoms with Crippen LogP contribution in [-0.2, 0) is 9.53 Å². The number of cyclic esters (lactones) is 1. The summed E-state index contributed by atoms with van der Waals surface area (Å²) in [5, 5.41) is 0. The first-order chi connectivity index (χ1) is 6.83. The first-order valence-corrected chi connectivity index (χ1v) is 5.69. The SMILES string of the molecule is CCCCCCC=CC1CCC(=O)O1. The molecule has 0 spiro atoms. The van der Waals surface area contributed by atoms with E-state index in [1.165, 1.54) is 25.7 Å². The summed E-state index contributed by atoms with van der Waals surface area (Å²) >= 11 is 0. The number of carbonyl (C=O) groups excluding carboxylic acids is 1. The Balaban J connectivity index is 2.00. The van der Waals surface area contributed by atoms with Crippen molar-refractivity contribution in [2.75, 3.05) is 0 Å². The molecule has 1 aliphatic rings. The summed E-state index contributed by atoms with van der Waals surface area (Å²) in [7, 11) is 0.